The standard InChI is InChI=1S/C14H17I2NO4/c1-3-12(18)17-11(14(20)21-4-2)7-8-5-9(15)13(19)10(16)6-8/h5-6,11,19H,3-4,7H2,1-2H3,(H,17,18). The van der Waals surface area contributed by atoms with E-state index in [1.54, 1.807) is 26.0 Å². The molecule has 7 heteroatoms. The van der Waals surface area contributed by atoms with Crippen LogP contribution >= 0.6 is 45.2 Å². The van der Waals surface area contributed by atoms with Gasteiger partial charge in [0.25, 0.3) is 0 Å². The molecule has 1 amide bonds. The van der Waals surface area contributed by atoms with Crippen LogP contribution in [0.5, 0.6) is 5.75 Å². The topological polar surface area (TPSA) is 75.6 Å². The number of halogens is 2. The number of carbonyl (C=O) groups excluding carboxylic acids is 2. The summed E-state index contributed by atoms with van der Waals surface area (Å²) in [5.74, 6) is -0.418. The Morgan fingerprint density at radius 2 is 1.86 bits per heavy atom. The minimum absolute atomic E-state index is 0.198. The van der Waals surface area contributed by atoms with E-state index in [2.05, 4.69) is 5.32 Å². The average molecular weight is 517 g/mol. The molecule has 116 valence electrons. The van der Waals surface area contributed by atoms with Gasteiger partial charge < -0.3 is 15.2 Å². The molecule has 1 atom stereocenters. The number of nitrogens with one attached hydrogen (secondary N) is 1. The fraction of sp³-hybridized carbons (Fsp3) is 0.429. The van der Waals surface area contributed by atoms with Crippen LogP contribution in [0.1, 0.15) is 25.8 Å². The van der Waals surface area contributed by atoms with E-state index in [1.807, 2.05) is 45.2 Å². The third kappa shape index (κ3) is 5.61. The smallest absolute Gasteiger partial charge is 0.328 e. The van der Waals surface area contributed by atoms with E-state index in [9.17, 15) is 14.7 Å². The van der Waals surface area contributed by atoms with E-state index >= 15 is 0 Å². The van der Waals surface area contributed by atoms with Gasteiger partial charge in [0.15, 0.2) is 0 Å². The normalized spacial score (nSPS) is 11.8. The van der Waals surface area contributed by atoms with Crippen LogP contribution in [-0.4, -0.2) is 29.6 Å². The fourth-order valence-corrected chi connectivity index (χ4v) is 3.60. The van der Waals surface area contributed by atoms with Crippen LogP contribution in [0.3, 0.4) is 0 Å². The number of ether oxygens (including phenoxy) is 1. The molecule has 1 aromatic carbocycles. The lowest BCUT2D eigenvalue weighted by Crippen LogP contribution is -2.43. The van der Waals surface area contributed by atoms with Crippen LogP contribution in [0.25, 0.3) is 0 Å². The summed E-state index contributed by atoms with van der Waals surface area (Å²) in [7, 11) is 0. The summed E-state index contributed by atoms with van der Waals surface area (Å²) >= 11 is 4.06. The molecule has 0 bridgehead atoms. The van der Waals surface area contributed by atoms with Crippen LogP contribution in [0, 0.1) is 7.14 Å². The number of hydrogen-bond donors (Lipinski definition) is 2. The van der Waals surface area contributed by atoms with Gasteiger partial charge in [-0.3, -0.25) is 4.79 Å². The van der Waals surface area contributed by atoms with Crippen molar-refractivity contribution in [2.45, 2.75) is 32.7 Å². The maximum Gasteiger partial charge on any atom is 0.328 e. The van der Waals surface area contributed by atoms with Crippen LogP contribution in [0.15, 0.2) is 12.1 Å². The van der Waals surface area contributed by atoms with Gasteiger partial charge in [-0.2, -0.15) is 0 Å². The SMILES string of the molecule is CCOC(=O)C(Cc1cc(I)c(O)c(I)c1)NC(=O)CC. The van der Waals surface area contributed by atoms with Crippen molar-refractivity contribution in [3.63, 3.8) is 0 Å². The van der Waals surface area contributed by atoms with Gasteiger partial charge in [-0.25, -0.2) is 4.79 Å². The van der Waals surface area contributed by atoms with Gasteiger partial charge in [0.05, 0.1) is 13.7 Å². The third-order valence-electron chi connectivity index (χ3n) is 2.74. The fourth-order valence-electron chi connectivity index (χ4n) is 1.70. The van der Waals surface area contributed by atoms with E-state index in [4.69, 9.17) is 4.74 Å². The first-order valence-corrected chi connectivity index (χ1v) is 8.67. The summed E-state index contributed by atoms with van der Waals surface area (Å²) in [5, 5.41) is 12.4. The molecule has 5 nitrogen and oxygen atoms in total. The van der Waals surface area contributed by atoms with Gasteiger partial charge in [-0.05, 0) is 69.8 Å². The van der Waals surface area contributed by atoms with E-state index < -0.39 is 12.0 Å². The van der Waals surface area contributed by atoms with Crippen LogP contribution in [0.4, 0.5) is 0 Å². The maximum absolute atomic E-state index is 11.9. The van der Waals surface area contributed by atoms with Crippen molar-refractivity contribution in [2.24, 2.45) is 0 Å². The molecule has 1 unspecified atom stereocenters. The second-order valence-electron chi connectivity index (χ2n) is 4.34. The van der Waals surface area contributed by atoms with Crippen molar-refractivity contribution in [3.8, 4) is 5.75 Å². The Balaban J connectivity index is 2.94. The first kappa shape index (κ1) is 18.5. The zero-order valence-electron chi connectivity index (χ0n) is 11.8. The number of hydrogen-bond acceptors (Lipinski definition) is 4. The molecule has 21 heavy (non-hydrogen) atoms. The molecule has 0 fully saturated rings. The predicted octanol–water partition coefficient (Wildman–Crippen LogP) is 2.60. The maximum atomic E-state index is 11.9. The zero-order valence-corrected chi connectivity index (χ0v) is 16.1. The summed E-state index contributed by atoms with van der Waals surface area (Å²) in [4.78, 5) is 23.5. The van der Waals surface area contributed by atoms with Crippen molar-refractivity contribution in [2.75, 3.05) is 6.61 Å². The molecule has 0 saturated carbocycles. The lowest BCUT2D eigenvalue weighted by atomic mass is 10.1. The molecule has 0 aliphatic heterocycles. The second-order valence-corrected chi connectivity index (χ2v) is 6.66. The Labute approximate surface area is 151 Å². The highest BCUT2D eigenvalue weighted by Gasteiger charge is 2.22. The number of amides is 1. The zero-order chi connectivity index (χ0) is 16.0. The van der Waals surface area contributed by atoms with Crippen molar-refractivity contribution < 1.29 is 19.4 Å². The largest absolute Gasteiger partial charge is 0.506 e. The Hall–Kier alpha value is -0.580. The molecular formula is C14H17I2NO4. The molecule has 0 aliphatic rings. The molecule has 0 aliphatic carbocycles. The van der Waals surface area contributed by atoms with Crippen molar-refractivity contribution in [1.29, 1.82) is 0 Å². The summed E-state index contributed by atoms with van der Waals surface area (Å²) in [6.07, 6.45) is 0.636. The Bertz CT molecular complexity index is 511. The third-order valence-corrected chi connectivity index (χ3v) is 4.39. The highest BCUT2D eigenvalue weighted by Crippen LogP contribution is 2.27. The summed E-state index contributed by atoms with van der Waals surface area (Å²) in [6.45, 7) is 3.72. The van der Waals surface area contributed by atoms with Crippen LogP contribution in [-0.2, 0) is 20.7 Å². The highest BCUT2D eigenvalue weighted by molar-refractivity contribution is 14.1. The average Bonchev–Trinajstić information content (AvgIpc) is 2.44. The predicted molar refractivity (Wildman–Crippen MR) is 96.1 cm³/mol. The summed E-state index contributed by atoms with van der Waals surface area (Å²) in [5.41, 5.74) is 0.857. The van der Waals surface area contributed by atoms with E-state index in [1.165, 1.54) is 0 Å². The Kier molecular flexibility index (Phi) is 7.71. The summed E-state index contributed by atoms with van der Waals surface area (Å²) in [6, 6.07) is 2.87. The first-order valence-electron chi connectivity index (χ1n) is 6.51. The minimum atomic E-state index is -0.714. The van der Waals surface area contributed by atoms with Gasteiger partial charge in [-0.1, -0.05) is 6.92 Å². The Morgan fingerprint density at radius 1 is 1.29 bits per heavy atom. The van der Waals surface area contributed by atoms with Gasteiger partial charge in [0, 0.05) is 12.8 Å². The molecule has 0 saturated heterocycles. The highest BCUT2D eigenvalue weighted by atomic mass is 127. The van der Waals surface area contributed by atoms with Gasteiger partial charge in [-0.15, -0.1) is 0 Å². The minimum Gasteiger partial charge on any atom is -0.506 e. The molecule has 2 N–H and O–H groups in total. The quantitative estimate of drug-likeness (QED) is 0.450. The van der Waals surface area contributed by atoms with E-state index in [0.717, 1.165) is 5.56 Å². The number of rotatable bonds is 6. The van der Waals surface area contributed by atoms with E-state index in [0.29, 0.717) is 20.0 Å². The van der Waals surface area contributed by atoms with Crippen molar-refractivity contribution in [3.05, 3.63) is 24.8 Å². The van der Waals surface area contributed by atoms with E-state index in [-0.39, 0.29) is 18.3 Å². The number of aromatic hydroxyl groups is 1. The monoisotopic (exact) mass is 517 g/mol. The second kappa shape index (κ2) is 8.76. The molecule has 1 rings (SSSR count). The number of phenolic OH excluding ortho intramolecular Hbond substituents is 1. The van der Waals surface area contributed by atoms with Gasteiger partial charge in [0.1, 0.15) is 11.8 Å². The lowest BCUT2D eigenvalue weighted by molar-refractivity contribution is -0.147. The molecule has 0 spiro atoms. The lowest BCUT2D eigenvalue weighted by Gasteiger charge is -2.17. The van der Waals surface area contributed by atoms with Crippen molar-refractivity contribution >= 4 is 57.1 Å². The van der Waals surface area contributed by atoms with Crippen LogP contribution in [0.2, 0.25) is 0 Å². The van der Waals surface area contributed by atoms with Gasteiger partial charge in [0.2, 0.25) is 5.91 Å². The molecule has 1 aromatic rings. The molecule has 0 radical (unpaired) electrons. The number of phenols is 1. The molecule has 0 aromatic heterocycles. The Morgan fingerprint density at radius 3 is 2.33 bits per heavy atom. The number of carbonyl (C=O) groups is 2. The van der Waals surface area contributed by atoms with Crippen molar-refractivity contribution in [1.82, 2.24) is 5.32 Å². The van der Waals surface area contributed by atoms with Gasteiger partial charge >= 0.3 is 5.97 Å². The summed E-state index contributed by atoms with van der Waals surface area (Å²) < 4.78 is 6.41. The molecular weight excluding hydrogens is 500 g/mol. The number of benzene rings is 1. The number of esters is 1. The van der Waals surface area contributed by atoms with Crippen LogP contribution < -0.4 is 5.32 Å². The first-order chi connectivity index (χ1) is 9.88. The molecule has 0 heterocycles.